The minimum atomic E-state index is -0.688. The highest BCUT2D eigenvalue weighted by atomic mass is 35.5. The molecule has 0 N–H and O–H groups in total. The summed E-state index contributed by atoms with van der Waals surface area (Å²) in [6.45, 7) is 1.82. The summed E-state index contributed by atoms with van der Waals surface area (Å²) in [6, 6.07) is 12.2. The number of nitrogens with zero attached hydrogens (tertiary/aromatic N) is 2. The van der Waals surface area contributed by atoms with Gasteiger partial charge in [-0.15, -0.1) is 0 Å². The number of amides is 2. The van der Waals surface area contributed by atoms with Gasteiger partial charge in [-0.3, -0.25) is 9.59 Å². The average molecular weight is 454 g/mol. The van der Waals surface area contributed by atoms with Crippen molar-refractivity contribution >= 4 is 64.0 Å². The van der Waals surface area contributed by atoms with Crippen LogP contribution in [0.5, 0.6) is 0 Å². The molecule has 0 unspecified atom stereocenters. The molecule has 0 aliphatic heterocycles. The first-order chi connectivity index (χ1) is 13.3. The first-order valence-corrected chi connectivity index (χ1v) is 9.50. The van der Waals surface area contributed by atoms with Gasteiger partial charge in [-0.1, -0.05) is 46.4 Å². The van der Waals surface area contributed by atoms with E-state index in [1.165, 1.54) is 30.5 Å². The molecular weight excluding hydrogens is 442 g/mol. The molecule has 0 atom stereocenters. The van der Waals surface area contributed by atoms with Gasteiger partial charge in [0.15, 0.2) is 0 Å². The van der Waals surface area contributed by atoms with E-state index in [4.69, 9.17) is 46.4 Å². The Kier molecular flexibility index (Phi) is 6.26. The lowest BCUT2D eigenvalue weighted by atomic mass is 10.1. The highest BCUT2D eigenvalue weighted by Crippen LogP contribution is 2.28. The Morgan fingerprint density at radius 2 is 1.29 bits per heavy atom. The maximum Gasteiger partial charge on any atom is 0.268 e. The molecule has 0 saturated carbocycles. The number of aromatic nitrogens is 1. The van der Waals surface area contributed by atoms with Gasteiger partial charge in [0.25, 0.3) is 11.8 Å². The Hall–Kier alpha value is -2.11. The van der Waals surface area contributed by atoms with E-state index in [-0.39, 0.29) is 27.0 Å². The van der Waals surface area contributed by atoms with E-state index in [9.17, 15) is 9.59 Å². The predicted molar refractivity (Wildman–Crippen MR) is 113 cm³/mol. The van der Waals surface area contributed by atoms with Crippen molar-refractivity contribution in [3.63, 3.8) is 0 Å². The zero-order valence-corrected chi connectivity index (χ0v) is 17.4. The van der Waals surface area contributed by atoms with E-state index >= 15 is 0 Å². The summed E-state index contributed by atoms with van der Waals surface area (Å²) < 4.78 is 0. The Morgan fingerprint density at radius 1 is 0.786 bits per heavy atom. The summed E-state index contributed by atoms with van der Waals surface area (Å²) in [5.74, 6) is -1.25. The molecule has 0 fully saturated rings. The van der Waals surface area contributed by atoms with Crippen molar-refractivity contribution in [1.29, 1.82) is 0 Å². The van der Waals surface area contributed by atoms with Gasteiger partial charge in [0.2, 0.25) is 0 Å². The number of imide groups is 1. The highest BCUT2D eigenvalue weighted by molar-refractivity contribution is 6.40. The van der Waals surface area contributed by atoms with Crippen LogP contribution in [0.2, 0.25) is 20.1 Å². The van der Waals surface area contributed by atoms with Crippen LogP contribution in [-0.2, 0) is 0 Å². The lowest BCUT2D eigenvalue weighted by Gasteiger charge is -2.21. The maximum atomic E-state index is 13.3. The second-order valence-electron chi connectivity index (χ2n) is 5.89. The summed E-state index contributed by atoms with van der Waals surface area (Å²) in [6.07, 6.45) is 1.50. The molecule has 1 aromatic heterocycles. The second kappa shape index (κ2) is 8.50. The van der Waals surface area contributed by atoms with Gasteiger partial charge >= 0.3 is 0 Å². The number of carbonyl (C=O) groups is 2. The first-order valence-electron chi connectivity index (χ1n) is 7.99. The van der Waals surface area contributed by atoms with Crippen LogP contribution in [0, 0.1) is 6.92 Å². The Morgan fingerprint density at radius 3 is 1.75 bits per heavy atom. The Labute approximate surface area is 181 Å². The number of anilines is 1. The van der Waals surface area contributed by atoms with Gasteiger partial charge in [-0.25, -0.2) is 9.88 Å². The van der Waals surface area contributed by atoms with Crippen LogP contribution < -0.4 is 4.90 Å². The first kappa shape index (κ1) is 20.6. The van der Waals surface area contributed by atoms with Crippen molar-refractivity contribution in [3.05, 3.63) is 91.5 Å². The average Bonchev–Trinajstić information content (AvgIpc) is 2.65. The minimum Gasteiger partial charge on any atom is -0.268 e. The third-order valence-corrected chi connectivity index (χ3v) is 4.98. The summed E-state index contributed by atoms with van der Waals surface area (Å²) in [5, 5.41) is 0.908. The van der Waals surface area contributed by atoms with Crippen molar-refractivity contribution in [2.75, 3.05) is 4.90 Å². The number of rotatable bonds is 3. The fourth-order valence-electron chi connectivity index (χ4n) is 2.51. The number of aryl methyl sites for hydroxylation is 1. The fourth-order valence-corrected chi connectivity index (χ4v) is 3.25. The van der Waals surface area contributed by atoms with Crippen LogP contribution >= 0.6 is 46.4 Å². The number of carbonyl (C=O) groups excluding carboxylic acids is 2. The molecule has 8 heteroatoms. The number of benzene rings is 2. The molecule has 0 aliphatic rings. The largest absolute Gasteiger partial charge is 0.268 e. The quantitative estimate of drug-likeness (QED) is 0.425. The van der Waals surface area contributed by atoms with Crippen LogP contribution in [0.25, 0.3) is 0 Å². The molecule has 1 heterocycles. The summed E-state index contributed by atoms with van der Waals surface area (Å²) in [7, 11) is 0. The SMILES string of the molecule is Cc1ccnc(N(C(=O)c2cc(Cl)ccc2Cl)C(=O)c2cc(Cl)ccc2Cl)c1. The molecule has 28 heavy (non-hydrogen) atoms. The monoisotopic (exact) mass is 452 g/mol. The standard InChI is InChI=1S/C20H12Cl4N2O2/c1-11-6-7-25-18(8-11)26(19(27)14-9-12(21)2-4-16(14)23)20(28)15-10-13(22)3-5-17(15)24/h2-10H,1H3. The molecule has 0 radical (unpaired) electrons. The zero-order valence-electron chi connectivity index (χ0n) is 14.4. The van der Waals surface area contributed by atoms with E-state index in [2.05, 4.69) is 4.98 Å². The van der Waals surface area contributed by atoms with Crippen molar-refractivity contribution in [3.8, 4) is 0 Å². The minimum absolute atomic E-state index is 0.0592. The van der Waals surface area contributed by atoms with Gasteiger partial charge in [0.05, 0.1) is 21.2 Å². The molecular formula is C20H12Cl4N2O2. The normalized spacial score (nSPS) is 10.6. The highest BCUT2D eigenvalue weighted by Gasteiger charge is 2.30. The topological polar surface area (TPSA) is 50.3 Å². The number of hydrogen-bond acceptors (Lipinski definition) is 3. The number of hydrogen-bond donors (Lipinski definition) is 0. The third kappa shape index (κ3) is 4.31. The van der Waals surface area contributed by atoms with Crippen LogP contribution in [0.4, 0.5) is 5.82 Å². The molecule has 3 aromatic rings. The smallest absolute Gasteiger partial charge is 0.268 e. The van der Waals surface area contributed by atoms with E-state index in [1.54, 1.807) is 24.3 Å². The lowest BCUT2D eigenvalue weighted by molar-refractivity contribution is 0.0896. The molecule has 4 nitrogen and oxygen atoms in total. The molecule has 142 valence electrons. The molecule has 0 aliphatic carbocycles. The van der Waals surface area contributed by atoms with Crippen LogP contribution in [-0.4, -0.2) is 16.8 Å². The predicted octanol–water partition coefficient (Wildman–Crippen LogP) is 6.49. The van der Waals surface area contributed by atoms with Crippen molar-refractivity contribution in [2.24, 2.45) is 0 Å². The van der Waals surface area contributed by atoms with Gasteiger partial charge in [0.1, 0.15) is 5.82 Å². The van der Waals surface area contributed by atoms with E-state index in [0.29, 0.717) is 10.0 Å². The van der Waals surface area contributed by atoms with Gasteiger partial charge in [0, 0.05) is 16.2 Å². The Balaban J connectivity index is 2.18. The molecule has 3 rings (SSSR count). The summed E-state index contributed by atoms with van der Waals surface area (Å²) in [4.78, 5) is 31.6. The van der Waals surface area contributed by atoms with Crippen LogP contribution in [0.1, 0.15) is 26.3 Å². The van der Waals surface area contributed by atoms with Crippen molar-refractivity contribution in [1.82, 2.24) is 4.98 Å². The Bertz CT molecular complexity index is 1020. The molecule has 2 aromatic carbocycles. The van der Waals surface area contributed by atoms with E-state index in [1.807, 2.05) is 6.92 Å². The maximum absolute atomic E-state index is 13.3. The van der Waals surface area contributed by atoms with Gasteiger partial charge < -0.3 is 0 Å². The van der Waals surface area contributed by atoms with E-state index in [0.717, 1.165) is 10.5 Å². The number of pyridine rings is 1. The molecule has 0 spiro atoms. The molecule has 0 bridgehead atoms. The zero-order chi connectivity index (χ0) is 20.4. The third-order valence-electron chi connectivity index (χ3n) is 3.85. The lowest BCUT2D eigenvalue weighted by Crippen LogP contribution is -2.38. The second-order valence-corrected chi connectivity index (χ2v) is 7.57. The fraction of sp³-hybridized carbons (Fsp3) is 0.0500. The number of halogens is 4. The van der Waals surface area contributed by atoms with Crippen LogP contribution in [0.15, 0.2) is 54.7 Å². The van der Waals surface area contributed by atoms with Crippen LogP contribution in [0.3, 0.4) is 0 Å². The summed E-state index contributed by atoms with van der Waals surface area (Å²) >= 11 is 24.4. The van der Waals surface area contributed by atoms with Gasteiger partial charge in [-0.05, 0) is 61.0 Å². The van der Waals surface area contributed by atoms with E-state index < -0.39 is 11.8 Å². The van der Waals surface area contributed by atoms with Crippen molar-refractivity contribution in [2.45, 2.75) is 6.92 Å². The molecule has 2 amide bonds. The molecule has 0 saturated heterocycles. The summed E-state index contributed by atoms with van der Waals surface area (Å²) in [5.41, 5.74) is 0.929. The van der Waals surface area contributed by atoms with Crippen molar-refractivity contribution < 1.29 is 9.59 Å². The van der Waals surface area contributed by atoms with Gasteiger partial charge in [-0.2, -0.15) is 0 Å².